The SMILES string of the molecule is Cc1ncc(CO)c2c(N)c(N)oc12. The van der Waals surface area contributed by atoms with E-state index in [0.717, 1.165) is 0 Å². The van der Waals surface area contributed by atoms with Gasteiger partial charge in [0.1, 0.15) is 5.69 Å². The molecular weight excluding hydrogens is 182 g/mol. The number of nitrogens with zero attached hydrogens (tertiary/aromatic N) is 1. The number of pyridine rings is 1. The van der Waals surface area contributed by atoms with Gasteiger partial charge in [0.2, 0.25) is 5.88 Å². The molecule has 0 amide bonds. The quantitative estimate of drug-likeness (QED) is 0.622. The van der Waals surface area contributed by atoms with Crippen LogP contribution in [0.2, 0.25) is 0 Å². The molecule has 2 rings (SSSR count). The summed E-state index contributed by atoms with van der Waals surface area (Å²) in [5, 5.41) is 9.75. The first-order valence-electron chi connectivity index (χ1n) is 4.18. The number of nitrogen functional groups attached to an aromatic ring is 2. The molecule has 0 aliphatic heterocycles. The Bertz CT molecular complexity index is 490. The molecule has 0 aliphatic rings. The van der Waals surface area contributed by atoms with Crippen LogP contribution in [-0.4, -0.2) is 10.1 Å². The van der Waals surface area contributed by atoms with E-state index >= 15 is 0 Å². The third-order valence-electron chi connectivity index (χ3n) is 2.21. The molecule has 0 bridgehead atoms. The van der Waals surface area contributed by atoms with Gasteiger partial charge in [0.05, 0.1) is 17.7 Å². The van der Waals surface area contributed by atoms with Crippen molar-refractivity contribution in [3.63, 3.8) is 0 Å². The number of furan rings is 1. The lowest BCUT2D eigenvalue weighted by atomic mass is 10.1. The van der Waals surface area contributed by atoms with Crippen LogP contribution >= 0.6 is 0 Å². The lowest BCUT2D eigenvalue weighted by Crippen LogP contribution is -1.93. The van der Waals surface area contributed by atoms with E-state index in [-0.39, 0.29) is 12.5 Å². The van der Waals surface area contributed by atoms with Gasteiger partial charge in [0, 0.05) is 11.8 Å². The van der Waals surface area contributed by atoms with Crippen molar-refractivity contribution >= 4 is 22.5 Å². The zero-order valence-corrected chi connectivity index (χ0v) is 7.74. The average molecular weight is 193 g/mol. The summed E-state index contributed by atoms with van der Waals surface area (Å²) in [4.78, 5) is 4.07. The number of aliphatic hydroxyl groups excluding tert-OH is 1. The summed E-state index contributed by atoms with van der Waals surface area (Å²) in [6, 6.07) is 0. The van der Waals surface area contributed by atoms with E-state index in [2.05, 4.69) is 4.98 Å². The van der Waals surface area contributed by atoms with E-state index < -0.39 is 0 Å². The standard InChI is InChI=1S/C9H11N3O2/c1-4-8-6(5(3-13)2-12-4)7(10)9(11)14-8/h2,13H,3,10-11H2,1H3. The predicted octanol–water partition coefficient (Wildman–Crippen LogP) is 0.793. The molecule has 5 N–H and O–H groups in total. The van der Waals surface area contributed by atoms with E-state index in [9.17, 15) is 0 Å². The number of rotatable bonds is 1. The lowest BCUT2D eigenvalue weighted by Gasteiger charge is -1.99. The molecule has 2 aromatic rings. The number of anilines is 2. The number of aromatic nitrogens is 1. The molecule has 5 heteroatoms. The van der Waals surface area contributed by atoms with Crippen LogP contribution in [0.1, 0.15) is 11.3 Å². The minimum Gasteiger partial charge on any atom is -0.437 e. The number of nitrogens with two attached hydrogens (primary N) is 2. The summed E-state index contributed by atoms with van der Waals surface area (Å²) in [6.45, 7) is 1.67. The highest BCUT2D eigenvalue weighted by atomic mass is 16.3. The zero-order valence-electron chi connectivity index (χ0n) is 7.74. The monoisotopic (exact) mass is 193 g/mol. The van der Waals surface area contributed by atoms with Crippen molar-refractivity contribution in [2.45, 2.75) is 13.5 Å². The molecule has 0 aliphatic carbocycles. The van der Waals surface area contributed by atoms with Gasteiger partial charge in [0.15, 0.2) is 5.58 Å². The fourth-order valence-corrected chi connectivity index (χ4v) is 1.45. The second-order valence-corrected chi connectivity index (χ2v) is 3.11. The largest absolute Gasteiger partial charge is 0.437 e. The van der Waals surface area contributed by atoms with E-state index in [0.29, 0.717) is 27.9 Å². The van der Waals surface area contributed by atoms with Crippen molar-refractivity contribution in [3.8, 4) is 0 Å². The Morgan fingerprint density at radius 2 is 2.21 bits per heavy atom. The van der Waals surface area contributed by atoms with Gasteiger partial charge in [-0.3, -0.25) is 4.98 Å². The van der Waals surface area contributed by atoms with Gasteiger partial charge in [0.25, 0.3) is 0 Å². The average Bonchev–Trinajstić information content (AvgIpc) is 2.47. The summed E-state index contributed by atoms with van der Waals surface area (Å²) in [5.41, 5.74) is 13.5. The summed E-state index contributed by atoms with van der Waals surface area (Å²) in [5.74, 6) is 0.172. The van der Waals surface area contributed by atoms with E-state index in [1.54, 1.807) is 13.1 Å². The van der Waals surface area contributed by atoms with Crippen LogP contribution in [0, 0.1) is 6.92 Å². The third kappa shape index (κ3) is 1.03. The number of fused-ring (bicyclic) bond motifs is 1. The van der Waals surface area contributed by atoms with Crippen molar-refractivity contribution in [2.75, 3.05) is 11.5 Å². The lowest BCUT2D eigenvalue weighted by molar-refractivity contribution is 0.283. The molecule has 0 unspecified atom stereocenters. The van der Waals surface area contributed by atoms with Gasteiger partial charge in [-0.15, -0.1) is 0 Å². The number of hydrogen-bond acceptors (Lipinski definition) is 5. The second-order valence-electron chi connectivity index (χ2n) is 3.11. The molecule has 0 saturated heterocycles. The van der Waals surface area contributed by atoms with Gasteiger partial charge in [-0.1, -0.05) is 0 Å². The Balaban J connectivity index is 2.92. The second kappa shape index (κ2) is 2.88. The molecule has 2 heterocycles. The molecular formula is C9H11N3O2. The number of aliphatic hydroxyl groups is 1. The van der Waals surface area contributed by atoms with E-state index in [1.807, 2.05) is 0 Å². The van der Waals surface area contributed by atoms with Crippen LogP contribution in [0.15, 0.2) is 10.6 Å². The molecule has 0 spiro atoms. The van der Waals surface area contributed by atoms with Crippen LogP contribution in [0.25, 0.3) is 11.0 Å². The Labute approximate surface area is 80.3 Å². The number of aryl methyl sites for hydroxylation is 1. The molecule has 0 atom stereocenters. The highest BCUT2D eigenvalue weighted by Gasteiger charge is 2.14. The summed E-state index contributed by atoms with van der Waals surface area (Å²) >= 11 is 0. The molecule has 14 heavy (non-hydrogen) atoms. The van der Waals surface area contributed by atoms with Crippen LogP contribution in [0.4, 0.5) is 11.6 Å². The molecule has 0 fully saturated rings. The van der Waals surface area contributed by atoms with Gasteiger partial charge in [-0.05, 0) is 6.92 Å². The van der Waals surface area contributed by atoms with Crippen molar-refractivity contribution in [3.05, 3.63) is 17.5 Å². The topological polar surface area (TPSA) is 98.3 Å². The van der Waals surface area contributed by atoms with E-state index in [4.69, 9.17) is 21.0 Å². The van der Waals surface area contributed by atoms with E-state index in [1.165, 1.54) is 0 Å². The van der Waals surface area contributed by atoms with Crippen molar-refractivity contribution < 1.29 is 9.52 Å². The Morgan fingerprint density at radius 1 is 1.50 bits per heavy atom. The van der Waals surface area contributed by atoms with Crippen molar-refractivity contribution in [1.82, 2.24) is 4.98 Å². The van der Waals surface area contributed by atoms with Gasteiger partial charge in [-0.2, -0.15) is 0 Å². The van der Waals surface area contributed by atoms with Gasteiger partial charge in [-0.25, -0.2) is 0 Å². The van der Waals surface area contributed by atoms with Crippen molar-refractivity contribution in [2.24, 2.45) is 0 Å². The summed E-state index contributed by atoms with van der Waals surface area (Å²) in [6.07, 6.45) is 1.57. The molecule has 0 aromatic carbocycles. The van der Waals surface area contributed by atoms with Crippen molar-refractivity contribution in [1.29, 1.82) is 0 Å². The first kappa shape index (κ1) is 8.83. The Morgan fingerprint density at radius 3 is 2.86 bits per heavy atom. The Kier molecular flexibility index (Phi) is 1.82. The maximum Gasteiger partial charge on any atom is 0.214 e. The predicted molar refractivity (Wildman–Crippen MR) is 53.5 cm³/mol. The molecule has 74 valence electrons. The maximum atomic E-state index is 9.08. The minimum atomic E-state index is -0.132. The molecule has 5 nitrogen and oxygen atoms in total. The van der Waals surface area contributed by atoms with Crippen LogP contribution in [0.5, 0.6) is 0 Å². The first-order chi connectivity index (χ1) is 6.65. The third-order valence-corrected chi connectivity index (χ3v) is 2.21. The van der Waals surface area contributed by atoms with Crippen LogP contribution in [-0.2, 0) is 6.61 Å². The molecule has 2 aromatic heterocycles. The van der Waals surface area contributed by atoms with Gasteiger partial charge >= 0.3 is 0 Å². The molecule has 0 radical (unpaired) electrons. The Hall–Kier alpha value is -1.75. The summed E-state index contributed by atoms with van der Waals surface area (Å²) < 4.78 is 5.25. The normalized spacial score (nSPS) is 11.0. The highest BCUT2D eigenvalue weighted by molar-refractivity contribution is 5.98. The fourth-order valence-electron chi connectivity index (χ4n) is 1.45. The smallest absolute Gasteiger partial charge is 0.214 e. The minimum absolute atomic E-state index is 0.132. The zero-order chi connectivity index (χ0) is 10.3. The fraction of sp³-hybridized carbons (Fsp3) is 0.222. The summed E-state index contributed by atoms with van der Waals surface area (Å²) in [7, 11) is 0. The van der Waals surface area contributed by atoms with Crippen LogP contribution < -0.4 is 11.5 Å². The van der Waals surface area contributed by atoms with Crippen LogP contribution in [0.3, 0.4) is 0 Å². The highest BCUT2D eigenvalue weighted by Crippen LogP contribution is 2.33. The number of hydrogen-bond donors (Lipinski definition) is 3. The first-order valence-corrected chi connectivity index (χ1v) is 4.18. The maximum absolute atomic E-state index is 9.08. The molecule has 0 saturated carbocycles. The van der Waals surface area contributed by atoms with Gasteiger partial charge < -0.3 is 21.0 Å².